The Hall–Kier alpha value is -0.603. The third kappa shape index (κ3) is 4.18. The molecule has 0 bridgehead atoms. The van der Waals surface area contributed by atoms with E-state index in [4.69, 9.17) is 5.73 Å². The van der Waals surface area contributed by atoms with Crippen LogP contribution in [0.1, 0.15) is 17.0 Å². The third-order valence-corrected chi connectivity index (χ3v) is 4.41. The van der Waals surface area contributed by atoms with Crippen LogP contribution in [0, 0.1) is 6.92 Å². The molecule has 1 atom stereocenters. The van der Waals surface area contributed by atoms with Crippen molar-refractivity contribution >= 4 is 8.07 Å². The zero-order chi connectivity index (χ0) is 11.5. The quantitative estimate of drug-likeness (QED) is 0.775. The number of nitrogens with two attached hydrogens (primary N) is 1. The summed E-state index contributed by atoms with van der Waals surface area (Å²) in [4.78, 5) is 0. The van der Waals surface area contributed by atoms with E-state index in [0.717, 1.165) is 6.54 Å². The van der Waals surface area contributed by atoms with Crippen molar-refractivity contribution in [2.75, 3.05) is 6.54 Å². The summed E-state index contributed by atoms with van der Waals surface area (Å²) in [5, 5.41) is 0. The number of hydrogen-bond donors (Lipinski definition) is 1. The molecule has 0 aliphatic heterocycles. The third-order valence-electron chi connectivity index (χ3n) is 2.69. The van der Waals surface area contributed by atoms with E-state index in [-0.39, 0.29) is 0 Å². The average Bonchev–Trinajstić information content (AvgIpc) is 2.14. The fraction of sp³-hybridized carbons (Fsp3) is 0.538. The summed E-state index contributed by atoms with van der Waals surface area (Å²) in [5.41, 5.74) is 8.60. The predicted octanol–water partition coefficient (Wildman–Crippen LogP) is 3.38. The van der Waals surface area contributed by atoms with Crippen molar-refractivity contribution in [3.63, 3.8) is 0 Å². The zero-order valence-corrected chi connectivity index (χ0v) is 11.4. The Labute approximate surface area is 94.7 Å². The summed E-state index contributed by atoms with van der Waals surface area (Å²) in [6.07, 6.45) is 0. The average molecular weight is 221 g/mol. The monoisotopic (exact) mass is 221 g/mol. The highest BCUT2D eigenvalue weighted by Crippen LogP contribution is 2.25. The predicted molar refractivity (Wildman–Crippen MR) is 71.1 cm³/mol. The van der Waals surface area contributed by atoms with Gasteiger partial charge in [-0.15, -0.1) is 0 Å². The summed E-state index contributed by atoms with van der Waals surface area (Å²) < 4.78 is 0. The van der Waals surface area contributed by atoms with E-state index >= 15 is 0 Å². The first-order chi connectivity index (χ1) is 6.92. The van der Waals surface area contributed by atoms with Crippen molar-refractivity contribution in [2.45, 2.75) is 38.5 Å². The van der Waals surface area contributed by atoms with Gasteiger partial charge in [-0.2, -0.15) is 0 Å². The lowest BCUT2D eigenvalue weighted by Crippen LogP contribution is -2.26. The van der Waals surface area contributed by atoms with Crippen molar-refractivity contribution < 1.29 is 0 Å². The Morgan fingerprint density at radius 1 is 1.13 bits per heavy atom. The normalized spacial score (nSPS) is 13.9. The Morgan fingerprint density at radius 3 is 2.07 bits per heavy atom. The maximum Gasteiger partial charge on any atom is 0.0449 e. The van der Waals surface area contributed by atoms with Crippen molar-refractivity contribution in [2.24, 2.45) is 5.73 Å². The molecule has 1 rings (SSSR count). The molecule has 0 amide bonds. The van der Waals surface area contributed by atoms with Crippen LogP contribution in [-0.4, -0.2) is 14.6 Å². The molecule has 0 aliphatic carbocycles. The molecule has 84 valence electrons. The van der Waals surface area contributed by atoms with Crippen LogP contribution in [0.4, 0.5) is 0 Å². The van der Waals surface area contributed by atoms with Crippen LogP contribution < -0.4 is 5.73 Å². The van der Waals surface area contributed by atoms with Gasteiger partial charge < -0.3 is 5.73 Å². The van der Waals surface area contributed by atoms with Gasteiger partial charge in [0.05, 0.1) is 0 Å². The largest absolute Gasteiger partial charge is 0.330 e. The number of hydrogen-bond acceptors (Lipinski definition) is 1. The lowest BCUT2D eigenvalue weighted by atomic mass is 10.0. The molecule has 0 radical (unpaired) electrons. The Balaban J connectivity index is 2.79. The maximum atomic E-state index is 5.87. The highest BCUT2D eigenvalue weighted by atomic mass is 28.3. The minimum atomic E-state index is -1.02. The minimum Gasteiger partial charge on any atom is -0.330 e. The number of benzene rings is 1. The van der Waals surface area contributed by atoms with Crippen LogP contribution >= 0.6 is 0 Å². The first-order valence-corrected chi connectivity index (χ1v) is 9.40. The summed E-state index contributed by atoms with van der Waals surface area (Å²) in [6, 6.07) is 10.1. The molecule has 15 heavy (non-hydrogen) atoms. The van der Waals surface area contributed by atoms with Crippen LogP contribution in [0.15, 0.2) is 24.3 Å². The molecule has 0 saturated carbocycles. The van der Waals surface area contributed by atoms with Gasteiger partial charge in [-0.3, -0.25) is 0 Å². The maximum absolute atomic E-state index is 5.87. The zero-order valence-electron chi connectivity index (χ0n) is 10.4. The van der Waals surface area contributed by atoms with E-state index in [9.17, 15) is 0 Å². The molecule has 1 aromatic carbocycles. The fourth-order valence-corrected chi connectivity index (χ4v) is 3.80. The van der Waals surface area contributed by atoms with E-state index < -0.39 is 8.07 Å². The standard InChI is InChI=1S/C13H23NSi/c1-11-5-7-12(8-6-11)13(9-14)10-15(2,3)4/h5-8,13H,9-10,14H2,1-4H3. The summed E-state index contributed by atoms with van der Waals surface area (Å²) in [7, 11) is -1.02. The summed E-state index contributed by atoms with van der Waals surface area (Å²) >= 11 is 0. The van der Waals surface area contributed by atoms with E-state index in [1.54, 1.807) is 0 Å². The van der Waals surface area contributed by atoms with E-state index in [1.165, 1.54) is 17.2 Å². The van der Waals surface area contributed by atoms with Crippen molar-refractivity contribution in [3.05, 3.63) is 35.4 Å². The Bertz CT molecular complexity index is 297. The smallest absolute Gasteiger partial charge is 0.0449 e. The minimum absolute atomic E-state index is 0.553. The summed E-state index contributed by atoms with van der Waals surface area (Å²) in [5.74, 6) is 0.553. The van der Waals surface area contributed by atoms with Crippen LogP contribution in [0.3, 0.4) is 0 Å². The van der Waals surface area contributed by atoms with E-state index in [1.807, 2.05) is 0 Å². The second kappa shape index (κ2) is 4.95. The fourth-order valence-electron chi connectivity index (χ4n) is 1.92. The topological polar surface area (TPSA) is 26.0 Å². The summed E-state index contributed by atoms with van der Waals surface area (Å²) in [6.45, 7) is 10.1. The van der Waals surface area contributed by atoms with Crippen LogP contribution in [0.5, 0.6) is 0 Å². The Morgan fingerprint density at radius 2 is 1.67 bits per heavy atom. The molecule has 1 unspecified atom stereocenters. The molecule has 2 N–H and O–H groups in total. The van der Waals surface area contributed by atoms with Gasteiger partial charge in [0.1, 0.15) is 0 Å². The molecule has 0 aromatic heterocycles. The first-order valence-electron chi connectivity index (χ1n) is 5.69. The van der Waals surface area contributed by atoms with E-state index in [2.05, 4.69) is 50.8 Å². The van der Waals surface area contributed by atoms with Gasteiger partial charge in [-0.1, -0.05) is 49.5 Å². The molecule has 1 nitrogen and oxygen atoms in total. The van der Waals surface area contributed by atoms with Crippen LogP contribution in [0.2, 0.25) is 25.7 Å². The number of aryl methyl sites for hydroxylation is 1. The van der Waals surface area contributed by atoms with Gasteiger partial charge in [0, 0.05) is 8.07 Å². The molecule has 0 saturated heterocycles. The number of rotatable bonds is 4. The van der Waals surface area contributed by atoms with Crippen LogP contribution in [-0.2, 0) is 0 Å². The molecule has 0 heterocycles. The van der Waals surface area contributed by atoms with Crippen molar-refractivity contribution in [3.8, 4) is 0 Å². The highest BCUT2D eigenvalue weighted by Gasteiger charge is 2.20. The van der Waals surface area contributed by atoms with Crippen LogP contribution in [0.25, 0.3) is 0 Å². The van der Waals surface area contributed by atoms with Gasteiger partial charge in [0.25, 0.3) is 0 Å². The molecule has 0 aliphatic rings. The second-order valence-electron chi connectivity index (χ2n) is 5.61. The lowest BCUT2D eigenvalue weighted by Gasteiger charge is -2.23. The molecule has 0 spiro atoms. The molecular formula is C13H23NSi. The first kappa shape index (κ1) is 12.5. The molecule has 0 fully saturated rings. The molecular weight excluding hydrogens is 198 g/mol. The van der Waals surface area contributed by atoms with Crippen molar-refractivity contribution in [1.29, 1.82) is 0 Å². The van der Waals surface area contributed by atoms with Gasteiger partial charge in [-0.25, -0.2) is 0 Å². The van der Waals surface area contributed by atoms with Gasteiger partial charge in [-0.05, 0) is 31.0 Å². The van der Waals surface area contributed by atoms with Gasteiger partial charge in [0.2, 0.25) is 0 Å². The second-order valence-corrected chi connectivity index (χ2v) is 11.1. The van der Waals surface area contributed by atoms with E-state index in [0.29, 0.717) is 5.92 Å². The molecule has 2 heteroatoms. The van der Waals surface area contributed by atoms with Gasteiger partial charge >= 0.3 is 0 Å². The Kier molecular flexibility index (Phi) is 4.11. The molecule has 1 aromatic rings. The lowest BCUT2D eigenvalue weighted by molar-refractivity contribution is 0.759. The van der Waals surface area contributed by atoms with Crippen molar-refractivity contribution in [1.82, 2.24) is 0 Å². The highest BCUT2D eigenvalue weighted by molar-refractivity contribution is 6.76. The SMILES string of the molecule is Cc1ccc(C(CN)C[Si](C)(C)C)cc1. The van der Waals surface area contributed by atoms with Gasteiger partial charge in [0.15, 0.2) is 0 Å².